The summed E-state index contributed by atoms with van der Waals surface area (Å²) in [6, 6.07) is 3.04. The summed E-state index contributed by atoms with van der Waals surface area (Å²) < 4.78 is 26.7. The van der Waals surface area contributed by atoms with Crippen molar-refractivity contribution < 1.29 is 18.0 Å². The molecule has 0 aliphatic carbocycles. The highest BCUT2D eigenvalue weighted by Crippen LogP contribution is 2.26. The van der Waals surface area contributed by atoms with Crippen molar-refractivity contribution in [2.45, 2.75) is 32.6 Å². The van der Waals surface area contributed by atoms with Crippen LogP contribution in [0.4, 0.5) is 5.69 Å². The average Bonchev–Trinajstić information content (AvgIpc) is 2.57. The van der Waals surface area contributed by atoms with Gasteiger partial charge in [0.15, 0.2) is 0 Å². The number of carbonyl (C=O) groups excluding carboxylic acids is 2. The summed E-state index contributed by atoms with van der Waals surface area (Å²) in [6.07, 6.45) is 0. The first-order chi connectivity index (χ1) is 11.7. The standard InChI is InChI=1S/C16H26N4O4S/c1-5-20(6-2)25(23,24)13-7-11(3)12(4)14(8-13)19-16(22)10-18-15(21)9-17/h7-8H,5-6,9-10,17H2,1-4H3,(H,18,21)(H,19,22). The third-order valence-electron chi connectivity index (χ3n) is 3.89. The summed E-state index contributed by atoms with van der Waals surface area (Å²) >= 11 is 0. The molecule has 0 heterocycles. The second kappa shape index (κ2) is 8.93. The molecule has 0 aromatic heterocycles. The zero-order valence-corrected chi connectivity index (χ0v) is 15.9. The van der Waals surface area contributed by atoms with E-state index < -0.39 is 21.8 Å². The number of nitrogens with one attached hydrogen (secondary N) is 2. The van der Waals surface area contributed by atoms with Crippen LogP contribution in [0.2, 0.25) is 0 Å². The van der Waals surface area contributed by atoms with Gasteiger partial charge in [-0.1, -0.05) is 13.8 Å². The lowest BCUT2D eigenvalue weighted by Crippen LogP contribution is -2.36. The van der Waals surface area contributed by atoms with E-state index in [0.717, 1.165) is 11.1 Å². The van der Waals surface area contributed by atoms with Gasteiger partial charge in [-0.3, -0.25) is 9.59 Å². The molecule has 140 valence electrons. The van der Waals surface area contributed by atoms with Crippen LogP contribution in [0, 0.1) is 13.8 Å². The summed E-state index contributed by atoms with van der Waals surface area (Å²) in [6.45, 7) is 7.39. The molecule has 8 nitrogen and oxygen atoms in total. The van der Waals surface area contributed by atoms with Crippen molar-refractivity contribution >= 4 is 27.5 Å². The van der Waals surface area contributed by atoms with Crippen molar-refractivity contribution in [3.05, 3.63) is 23.3 Å². The number of nitrogens with two attached hydrogens (primary N) is 1. The summed E-state index contributed by atoms with van der Waals surface area (Å²) in [5.74, 6) is -0.900. The van der Waals surface area contributed by atoms with E-state index in [1.54, 1.807) is 33.8 Å². The van der Waals surface area contributed by atoms with E-state index >= 15 is 0 Å². The minimum atomic E-state index is -3.63. The van der Waals surface area contributed by atoms with Gasteiger partial charge < -0.3 is 16.4 Å². The van der Waals surface area contributed by atoms with Crippen molar-refractivity contribution in [1.29, 1.82) is 0 Å². The molecule has 0 fully saturated rings. The topological polar surface area (TPSA) is 122 Å². The van der Waals surface area contributed by atoms with E-state index in [1.807, 2.05) is 0 Å². The molecule has 2 amide bonds. The molecule has 9 heteroatoms. The Morgan fingerprint density at radius 3 is 2.24 bits per heavy atom. The van der Waals surface area contributed by atoms with E-state index in [2.05, 4.69) is 10.6 Å². The van der Waals surface area contributed by atoms with Crippen LogP contribution < -0.4 is 16.4 Å². The van der Waals surface area contributed by atoms with Gasteiger partial charge in [0.05, 0.1) is 18.0 Å². The second-order valence-electron chi connectivity index (χ2n) is 5.53. The van der Waals surface area contributed by atoms with Gasteiger partial charge >= 0.3 is 0 Å². The number of anilines is 1. The Bertz CT molecular complexity index is 743. The van der Waals surface area contributed by atoms with Gasteiger partial charge in [0.1, 0.15) is 0 Å². The summed E-state index contributed by atoms with van der Waals surface area (Å²) in [5, 5.41) is 5.01. The lowest BCUT2D eigenvalue weighted by Gasteiger charge is -2.20. The van der Waals surface area contributed by atoms with Crippen molar-refractivity contribution in [3.63, 3.8) is 0 Å². The van der Waals surface area contributed by atoms with E-state index in [9.17, 15) is 18.0 Å². The maximum atomic E-state index is 12.7. The third-order valence-corrected chi connectivity index (χ3v) is 5.92. The Balaban J connectivity index is 3.12. The highest BCUT2D eigenvalue weighted by molar-refractivity contribution is 7.89. The van der Waals surface area contributed by atoms with E-state index in [1.165, 1.54) is 10.4 Å². The van der Waals surface area contributed by atoms with Gasteiger partial charge in [0.25, 0.3) is 0 Å². The molecule has 0 unspecified atom stereocenters. The van der Waals surface area contributed by atoms with Crippen LogP contribution in [-0.2, 0) is 19.6 Å². The molecule has 0 saturated heterocycles. The van der Waals surface area contributed by atoms with E-state index in [0.29, 0.717) is 18.8 Å². The molecule has 4 N–H and O–H groups in total. The number of nitrogens with zero attached hydrogens (tertiary/aromatic N) is 1. The highest BCUT2D eigenvalue weighted by atomic mass is 32.2. The fourth-order valence-corrected chi connectivity index (χ4v) is 3.83. The lowest BCUT2D eigenvalue weighted by molar-refractivity contribution is -0.123. The van der Waals surface area contributed by atoms with Crippen LogP contribution >= 0.6 is 0 Å². The molecule has 0 bridgehead atoms. The number of rotatable bonds is 8. The van der Waals surface area contributed by atoms with Crippen LogP contribution in [0.5, 0.6) is 0 Å². The summed E-state index contributed by atoms with van der Waals surface area (Å²) in [4.78, 5) is 23.2. The lowest BCUT2D eigenvalue weighted by atomic mass is 10.1. The molecular formula is C16H26N4O4S. The fourth-order valence-electron chi connectivity index (χ4n) is 2.26. The molecule has 1 rings (SSSR count). The van der Waals surface area contributed by atoms with Gasteiger partial charge in [-0.15, -0.1) is 0 Å². The minimum absolute atomic E-state index is 0.126. The van der Waals surface area contributed by atoms with Crippen LogP contribution in [0.1, 0.15) is 25.0 Å². The van der Waals surface area contributed by atoms with E-state index in [4.69, 9.17) is 5.73 Å². The molecule has 0 saturated carbocycles. The van der Waals surface area contributed by atoms with Crippen LogP contribution in [-0.4, -0.2) is 50.7 Å². The van der Waals surface area contributed by atoms with Crippen molar-refractivity contribution in [3.8, 4) is 0 Å². The molecule has 25 heavy (non-hydrogen) atoms. The zero-order valence-electron chi connectivity index (χ0n) is 15.0. The third kappa shape index (κ3) is 5.25. The Hall–Kier alpha value is -1.97. The number of aryl methyl sites for hydroxylation is 1. The van der Waals surface area contributed by atoms with Crippen molar-refractivity contribution in [2.75, 3.05) is 31.5 Å². The Labute approximate surface area is 148 Å². The molecule has 0 aliphatic heterocycles. The number of carbonyl (C=O) groups is 2. The monoisotopic (exact) mass is 370 g/mol. The Kier molecular flexibility index (Phi) is 7.53. The molecule has 1 aromatic carbocycles. The van der Waals surface area contributed by atoms with Crippen molar-refractivity contribution in [2.24, 2.45) is 5.73 Å². The first-order valence-electron chi connectivity index (χ1n) is 8.05. The first kappa shape index (κ1) is 21.1. The predicted octanol–water partition coefficient (Wildman–Crippen LogP) is 0.347. The zero-order chi connectivity index (χ0) is 19.2. The van der Waals surface area contributed by atoms with Gasteiger partial charge in [-0.05, 0) is 37.1 Å². The molecule has 0 atom stereocenters. The van der Waals surface area contributed by atoms with Crippen LogP contribution in [0.3, 0.4) is 0 Å². The first-order valence-corrected chi connectivity index (χ1v) is 9.49. The van der Waals surface area contributed by atoms with Gasteiger partial charge in [-0.2, -0.15) is 4.31 Å². The minimum Gasteiger partial charge on any atom is -0.346 e. The number of sulfonamides is 1. The Morgan fingerprint density at radius 2 is 1.72 bits per heavy atom. The molecule has 0 radical (unpaired) electrons. The van der Waals surface area contributed by atoms with Gasteiger partial charge in [0, 0.05) is 18.8 Å². The predicted molar refractivity (Wildman–Crippen MR) is 96.7 cm³/mol. The van der Waals surface area contributed by atoms with Gasteiger partial charge in [0.2, 0.25) is 21.8 Å². The number of hydrogen-bond acceptors (Lipinski definition) is 5. The number of amides is 2. The summed E-state index contributed by atoms with van der Waals surface area (Å²) in [7, 11) is -3.63. The van der Waals surface area contributed by atoms with Crippen LogP contribution in [0.15, 0.2) is 17.0 Å². The normalized spacial score (nSPS) is 11.4. The quantitative estimate of drug-likeness (QED) is 0.609. The molecule has 0 aliphatic rings. The molecular weight excluding hydrogens is 344 g/mol. The fraction of sp³-hybridized carbons (Fsp3) is 0.500. The smallest absolute Gasteiger partial charge is 0.243 e. The number of benzene rings is 1. The maximum Gasteiger partial charge on any atom is 0.243 e. The van der Waals surface area contributed by atoms with Crippen LogP contribution in [0.25, 0.3) is 0 Å². The highest BCUT2D eigenvalue weighted by Gasteiger charge is 2.23. The van der Waals surface area contributed by atoms with E-state index in [-0.39, 0.29) is 18.0 Å². The molecule has 1 aromatic rings. The van der Waals surface area contributed by atoms with Crippen molar-refractivity contribution in [1.82, 2.24) is 9.62 Å². The largest absolute Gasteiger partial charge is 0.346 e. The number of hydrogen-bond donors (Lipinski definition) is 3. The Morgan fingerprint density at radius 1 is 1.12 bits per heavy atom. The second-order valence-corrected chi connectivity index (χ2v) is 7.47. The SMILES string of the molecule is CCN(CC)S(=O)(=O)c1cc(C)c(C)c(NC(=O)CNC(=O)CN)c1. The molecule has 0 spiro atoms. The van der Waals surface area contributed by atoms with Gasteiger partial charge in [-0.25, -0.2) is 8.42 Å². The average molecular weight is 370 g/mol. The maximum absolute atomic E-state index is 12.7. The summed E-state index contributed by atoms with van der Waals surface area (Å²) in [5.41, 5.74) is 7.07.